The van der Waals surface area contributed by atoms with Gasteiger partial charge in [-0.25, -0.2) is 9.37 Å². The minimum Gasteiger partial charge on any atom is -0.339 e. The average molecular weight is 416 g/mol. The minimum absolute atomic E-state index is 0.00326. The lowest BCUT2D eigenvalue weighted by atomic mass is 10.1. The Morgan fingerprint density at radius 2 is 1.75 bits per heavy atom. The second-order valence-electron chi connectivity index (χ2n) is 6.48. The van der Waals surface area contributed by atoms with Crippen LogP contribution in [-0.2, 0) is 11.2 Å². The third-order valence-electron chi connectivity index (χ3n) is 4.64. The highest BCUT2D eigenvalue weighted by molar-refractivity contribution is 7.21. The van der Waals surface area contributed by atoms with Crippen LogP contribution in [-0.4, -0.2) is 52.8 Å². The van der Waals surface area contributed by atoms with Gasteiger partial charge in [0, 0.05) is 26.2 Å². The topological polar surface area (TPSA) is 53.5 Å². The van der Waals surface area contributed by atoms with E-state index < -0.39 is 0 Å². The summed E-state index contributed by atoms with van der Waals surface area (Å²) < 4.78 is 13.0. The fourth-order valence-electron chi connectivity index (χ4n) is 3.09. The van der Waals surface area contributed by atoms with Crippen molar-refractivity contribution < 1.29 is 14.0 Å². The third kappa shape index (κ3) is 4.13. The van der Waals surface area contributed by atoms with Crippen molar-refractivity contribution in [1.29, 1.82) is 0 Å². The number of hydrogen-bond donors (Lipinski definition) is 0. The van der Waals surface area contributed by atoms with Gasteiger partial charge in [0.15, 0.2) is 0 Å². The van der Waals surface area contributed by atoms with Gasteiger partial charge in [-0.05, 0) is 29.1 Å². The van der Waals surface area contributed by atoms with Gasteiger partial charge in [-0.3, -0.25) is 9.59 Å². The molecule has 0 radical (unpaired) electrons. The zero-order chi connectivity index (χ0) is 19.5. The standard InChI is InChI=1S/C20H18FN3O2S2/c21-15-5-3-14(4-6-15)12-18(25)23-7-9-24(10-8-23)20(26)17-13-22-19(28-17)16-2-1-11-27-16/h1-6,11,13H,7-10,12H2. The number of halogens is 1. The molecule has 8 heteroatoms. The molecule has 4 rings (SSSR count). The summed E-state index contributed by atoms with van der Waals surface area (Å²) in [6.45, 7) is 2.01. The van der Waals surface area contributed by atoms with Crippen LogP contribution in [0.3, 0.4) is 0 Å². The van der Waals surface area contributed by atoms with E-state index in [1.54, 1.807) is 39.5 Å². The molecule has 2 amide bonds. The first-order valence-corrected chi connectivity index (χ1v) is 10.6. The number of carbonyl (C=O) groups excluding carboxylic acids is 2. The summed E-state index contributed by atoms with van der Waals surface area (Å²) in [5.74, 6) is -0.351. The fraction of sp³-hybridized carbons (Fsp3) is 0.250. The smallest absolute Gasteiger partial charge is 0.265 e. The number of nitrogens with zero attached hydrogens (tertiary/aromatic N) is 3. The van der Waals surface area contributed by atoms with E-state index in [0.29, 0.717) is 31.1 Å². The number of piperazine rings is 1. The molecule has 1 aliphatic heterocycles. The molecule has 28 heavy (non-hydrogen) atoms. The zero-order valence-electron chi connectivity index (χ0n) is 15.0. The molecule has 3 heterocycles. The molecule has 0 bridgehead atoms. The van der Waals surface area contributed by atoms with Gasteiger partial charge < -0.3 is 9.80 Å². The summed E-state index contributed by atoms with van der Waals surface area (Å²) in [4.78, 5) is 34.8. The second kappa shape index (κ2) is 8.20. The summed E-state index contributed by atoms with van der Waals surface area (Å²) >= 11 is 3.00. The number of amides is 2. The molecule has 1 aliphatic rings. The van der Waals surface area contributed by atoms with Gasteiger partial charge in [-0.1, -0.05) is 18.2 Å². The number of thiazole rings is 1. The third-order valence-corrected chi connectivity index (χ3v) is 6.66. The monoisotopic (exact) mass is 415 g/mol. The Labute approximate surface area is 170 Å². The van der Waals surface area contributed by atoms with Crippen molar-refractivity contribution in [1.82, 2.24) is 14.8 Å². The highest BCUT2D eigenvalue weighted by Crippen LogP contribution is 2.29. The lowest BCUT2D eigenvalue weighted by Crippen LogP contribution is -2.50. The summed E-state index contributed by atoms with van der Waals surface area (Å²) in [6, 6.07) is 9.93. The maximum atomic E-state index is 13.0. The summed E-state index contributed by atoms with van der Waals surface area (Å²) in [5.41, 5.74) is 0.788. The molecule has 0 aliphatic carbocycles. The Hall–Kier alpha value is -2.58. The van der Waals surface area contributed by atoms with Gasteiger partial charge in [0.05, 0.1) is 17.5 Å². The number of carbonyl (C=O) groups is 2. The Balaban J connectivity index is 1.33. The highest BCUT2D eigenvalue weighted by atomic mass is 32.1. The van der Waals surface area contributed by atoms with E-state index in [1.807, 2.05) is 17.5 Å². The number of aromatic nitrogens is 1. The van der Waals surface area contributed by atoms with Crippen LogP contribution < -0.4 is 0 Å². The van der Waals surface area contributed by atoms with Crippen LogP contribution in [0.2, 0.25) is 0 Å². The zero-order valence-corrected chi connectivity index (χ0v) is 16.6. The van der Waals surface area contributed by atoms with Crippen molar-refractivity contribution in [2.75, 3.05) is 26.2 Å². The maximum absolute atomic E-state index is 13.0. The van der Waals surface area contributed by atoms with E-state index in [9.17, 15) is 14.0 Å². The van der Waals surface area contributed by atoms with Gasteiger partial charge in [0.25, 0.3) is 5.91 Å². The summed E-state index contributed by atoms with van der Waals surface area (Å²) in [6.07, 6.45) is 1.88. The lowest BCUT2D eigenvalue weighted by molar-refractivity contribution is -0.131. The molecular formula is C20H18FN3O2S2. The molecule has 1 aromatic carbocycles. The van der Waals surface area contributed by atoms with Crippen molar-refractivity contribution in [3.63, 3.8) is 0 Å². The summed E-state index contributed by atoms with van der Waals surface area (Å²) in [5, 5.41) is 2.84. The number of rotatable bonds is 4. The molecule has 0 atom stereocenters. The molecular weight excluding hydrogens is 397 g/mol. The number of benzene rings is 1. The van der Waals surface area contributed by atoms with Crippen molar-refractivity contribution in [2.45, 2.75) is 6.42 Å². The molecule has 5 nitrogen and oxygen atoms in total. The van der Waals surface area contributed by atoms with Gasteiger partial charge in [-0.2, -0.15) is 0 Å². The minimum atomic E-state index is -0.311. The van der Waals surface area contributed by atoms with Crippen LogP contribution in [0.25, 0.3) is 9.88 Å². The van der Waals surface area contributed by atoms with Crippen molar-refractivity contribution in [2.24, 2.45) is 0 Å². The molecule has 0 N–H and O–H groups in total. The molecule has 0 saturated carbocycles. The molecule has 1 saturated heterocycles. The normalized spacial score (nSPS) is 14.3. The van der Waals surface area contributed by atoms with E-state index in [2.05, 4.69) is 4.98 Å². The Kier molecular flexibility index (Phi) is 5.50. The van der Waals surface area contributed by atoms with E-state index >= 15 is 0 Å². The summed E-state index contributed by atoms with van der Waals surface area (Å²) in [7, 11) is 0. The highest BCUT2D eigenvalue weighted by Gasteiger charge is 2.26. The van der Waals surface area contributed by atoms with Gasteiger partial charge in [0.2, 0.25) is 5.91 Å². The second-order valence-corrected chi connectivity index (χ2v) is 8.46. The quantitative estimate of drug-likeness (QED) is 0.655. The largest absolute Gasteiger partial charge is 0.339 e. The van der Waals surface area contributed by atoms with E-state index in [0.717, 1.165) is 15.4 Å². The van der Waals surface area contributed by atoms with Gasteiger partial charge in [0.1, 0.15) is 15.7 Å². The predicted octanol–water partition coefficient (Wildman–Crippen LogP) is 3.54. The van der Waals surface area contributed by atoms with Crippen LogP contribution in [0.15, 0.2) is 48.0 Å². The van der Waals surface area contributed by atoms with Crippen LogP contribution in [0.4, 0.5) is 4.39 Å². The Morgan fingerprint density at radius 3 is 2.43 bits per heavy atom. The van der Waals surface area contributed by atoms with Gasteiger partial charge in [-0.15, -0.1) is 22.7 Å². The van der Waals surface area contributed by atoms with Crippen molar-refractivity contribution in [3.05, 3.63) is 64.2 Å². The first-order valence-electron chi connectivity index (χ1n) is 8.91. The van der Waals surface area contributed by atoms with Gasteiger partial charge >= 0.3 is 0 Å². The first-order chi connectivity index (χ1) is 13.6. The predicted molar refractivity (Wildman–Crippen MR) is 108 cm³/mol. The fourth-order valence-corrected chi connectivity index (χ4v) is 4.78. The van der Waals surface area contributed by atoms with Crippen LogP contribution in [0.5, 0.6) is 0 Å². The molecule has 0 spiro atoms. The molecule has 3 aromatic rings. The average Bonchev–Trinajstić information content (AvgIpc) is 3.41. The van der Waals surface area contributed by atoms with Crippen LogP contribution in [0.1, 0.15) is 15.2 Å². The van der Waals surface area contributed by atoms with E-state index in [4.69, 9.17) is 0 Å². The first kappa shape index (κ1) is 18.8. The molecule has 1 fully saturated rings. The van der Waals surface area contributed by atoms with Crippen LogP contribution in [0, 0.1) is 5.82 Å². The maximum Gasteiger partial charge on any atom is 0.265 e. The van der Waals surface area contributed by atoms with Crippen molar-refractivity contribution >= 4 is 34.5 Å². The van der Waals surface area contributed by atoms with Crippen molar-refractivity contribution in [3.8, 4) is 9.88 Å². The SMILES string of the molecule is O=C(Cc1ccc(F)cc1)N1CCN(C(=O)c2cnc(-c3cccs3)s2)CC1. The molecule has 2 aromatic heterocycles. The number of thiophene rings is 1. The molecule has 0 unspecified atom stereocenters. The molecule has 144 valence electrons. The number of hydrogen-bond acceptors (Lipinski definition) is 5. The van der Waals surface area contributed by atoms with E-state index in [-0.39, 0.29) is 24.1 Å². The van der Waals surface area contributed by atoms with Crippen LogP contribution >= 0.6 is 22.7 Å². The Morgan fingerprint density at radius 1 is 1.04 bits per heavy atom. The Bertz CT molecular complexity index is 962. The lowest BCUT2D eigenvalue weighted by Gasteiger charge is -2.34. The van der Waals surface area contributed by atoms with E-state index in [1.165, 1.54) is 23.5 Å².